The van der Waals surface area contributed by atoms with Gasteiger partial charge in [0.2, 0.25) is 0 Å². The van der Waals surface area contributed by atoms with Crippen molar-refractivity contribution in [1.29, 1.82) is 0 Å². The van der Waals surface area contributed by atoms with Crippen LogP contribution in [0.15, 0.2) is 109 Å². The van der Waals surface area contributed by atoms with Crippen LogP contribution < -0.4 is 0 Å². The van der Waals surface area contributed by atoms with Gasteiger partial charge in [0, 0.05) is 103 Å². The fourth-order valence-corrected chi connectivity index (χ4v) is 7.07. The molecular formula is C48H30O24Sc4. The van der Waals surface area contributed by atoms with Crippen LogP contribution in [0.5, 0.6) is 0 Å². The second kappa shape index (κ2) is 29.5. The Bertz CT molecular complexity index is 2970. The fraction of sp³-hybridized carbons (Fsp3) is 0. The molecule has 24 nitrogen and oxygen atoms in total. The molecule has 0 saturated carbocycles. The summed E-state index contributed by atoms with van der Waals surface area (Å²) in [6.45, 7) is 0. The van der Waals surface area contributed by atoms with E-state index in [9.17, 15) is 119 Å². The van der Waals surface area contributed by atoms with Gasteiger partial charge in [0.15, 0.2) is 0 Å². The Morgan fingerprint density at radius 3 is 0.500 bits per heavy atom. The Kier molecular flexibility index (Phi) is 26.6. The second-order valence-corrected chi connectivity index (χ2v) is 14.0. The third-order valence-electron chi connectivity index (χ3n) is 9.85. The van der Waals surface area contributed by atoms with E-state index in [0.29, 0.717) is 0 Å². The molecule has 6 aromatic carbocycles. The molecule has 0 aromatic heterocycles. The summed E-state index contributed by atoms with van der Waals surface area (Å²) in [5.74, 6) is -21.1. The molecule has 0 aliphatic rings. The summed E-state index contributed by atoms with van der Waals surface area (Å²) in [6.07, 6.45) is 0. The van der Waals surface area contributed by atoms with Gasteiger partial charge >= 0.3 is 71.6 Å². The molecule has 0 saturated heterocycles. The Labute approximate surface area is 498 Å². The zero-order valence-corrected chi connectivity index (χ0v) is 45.2. The van der Waals surface area contributed by atoms with Gasteiger partial charge in [-0.3, -0.25) is 0 Å². The summed E-state index contributed by atoms with van der Waals surface area (Å²) >= 11 is 0. The van der Waals surface area contributed by atoms with Crippen LogP contribution in [0.2, 0.25) is 0 Å². The second-order valence-electron chi connectivity index (χ2n) is 14.0. The molecule has 0 fully saturated rings. The Morgan fingerprint density at radius 2 is 0.368 bits per heavy atom. The normalized spacial score (nSPS) is 9.63. The molecule has 0 bridgehead atoms. The van der Waals surface area contributed by atoms with Crippen molar-refractivity contribution >= 4 is 71.6 Å². The molecule has 0 aliphatic heterocycles. The van der Waals surface area contributed by atoms with Crippen molar-refractivity contribution in [3.05, 3.63) is 176 Å². The van der Waals surface area contributed by atoms with E-state index < -0.39 is 138 Å². The zero-order valence-electron chi connectivity index (χ0n) is 38.0. The molecule has 4 radical (unpaired) electrons. The van der Waals surface area contributed by atoms with E-state index in [4.69, 9.17) is 0 Å². The number of aromatic carboxylic acids is 12. The number of benzene rings is 6. The van der Waals surface area contributed by atoms with Gasteiger partial charge in [0.05, 0.1) is 66.8 Å². The maximum Gasteiger partial charge on any atom is 0.337 e. The minimum atomic E-state index is -1.84. The van der Waals surface area contributed by atoms with Crippen LogP contribution in [-0.4, -0.2) is 133 Å². The molecule has 0 heterocycles. The predicted molar refractivity (Wildman–Crippen MR) is 239 cm³/mol. The SMILES string of the molecule is O=C(O)c1cc(-c2ccccc2)c(C(=O)O)c(C(=O)O)c1C(=O)O.O=C(O)c1cc(-c2ccccc2)c(C(=O)O)c(C(=O)O)c1C(=O)O.O=C(O)c1cc(-c2ccccc2)c(C(=O)O)c(C(=O)O)c1C(=O)O.[Sc].[Sc].[Sc].[Sc]. The molecule has 378 valence electrons. The Hall–Kier alpha value is -7.56. The standard InChI is InChI=1S/3C16H10O8.4Sc/c3*17-13(18)9-6-8(7-4-2-1-3-5-7)10(14(19)20)12(16(23)24)11(9)15(21)22;;;;/h3*1-6H,(H,17,18)(H,19,20)(H,21,22)(H,23,24);;;;. The molecule has 0 spiro atoms. The number of hydrogen-bond donors (Lipinski definition) is 12. The molecule has 0 unspecified atom stereocenters. The van der Waals surface area contributed by atoms with E-state index in [1.54, 1.807) is 54.6 Å². The molecule has 0 aliphatic carbocycles. The van der Waals surface area contributed by atoms with Gasteiger partial charge in [0.25, 0.3) is 0 Å². The molecule has 6 rings (SSSR count). The van der Waals surface area contributed by atoms with Crippen molar-refractivity contribution in [2.24, 2.45) is 0 Å². The van der Waals surface area contributed by atoms with E-state index in [2.05, 4.69) is 0 Å². The maximum absolute atomic E-state index is 11.6. The summed E-state index contributed by atoms with van der Waals surface area (Å²) in [6, 6.07) is 25.5. The van der Waals surface area contributed by atoms with E-state index >= 15 is 0 Å². The molecule has 28 heteroatoms. The molecule has 0 atom stereocenters. The number of carbonyl (C=O) groups is 12. The van der Waals surface area contributed by atoms with Crippen molar-refractivity contribution in [3.63, 3.8) is 0 Å². The summed E-state index contributed by atoms with van der Waals surface area (Å²) in [4.78, 5) is 137. The van der Waals surface area contributed by atoms with Gasteiger partial charge in [-0.15, -0.1) is 0 Å². The minimum absolute atomic E-state index is 0. The Morgan fingerprint density at radius 1 is 0.211 bits per heavy atom. The number of rotatable bonds is 15. The number of hydrogen-bond acceptors (Lipinski definition) is 12. The first-order valence-electron chi connectivity index (χ1n) is 19.3. The van der Waals surface area contributed by atoms with Gasteiger partial charge in [-0.25, -0.2) is 57.5 Å². The van der Waals surface area contributed by atoms with Crippen molar-refractivity contribution in [2.45, 2.75) is 0 Å². The summed E-state index contributed by atoms with van der Waals surface area (Å²) in [5, 5.41) is 111. The molecule has 12 N–H and O–H groups in total. The van der Waals surface area contributed by atoms with E-state index in [0.717, 1.165) is 18.2 Å². The third kappa shape index (κ3) is 15.3. The van der Waals surface area contributed by atoms with Crippen LogP contribution >= 0.6 is 0 Å². The molecule has 6 aromatic rings. The van der Waals surface area contributed by atoms with Crippen molar-refractivity contribution in [2.75, 3.05) is 0 Å². The van der Waals surface area contributed by atoms with Gasteiger partial charge in [-0.1, -0.05) is 91.0 Å². The van der Waals surface area contributed by atoms with E-state index in [-0.39, 0.29) is 137 Å². The van der Waals surface area contributed by atoms with Crippen LogP contribution in [-0.2, 0) is 103 Å². The maximum atomic E-state index is 11.6. The Balaban J connectivity index is 0.00000108. The fourth-order valence-electron chi connectivity index (χ4n) is 7.07. The molecule has 0 amide bonds. The van der Waals surface area contributed by atoms with Gasteiger partial charge in [-0.05, 0) is 51.6 Å². The van der Waals surface area contributed by atoms with Crippen LogP contribution in [0, 0.1) is 0 Å². The largest absolute Gasteiger partial charge is 0.478 e. The first-order valence-corrected chi connectivity index (χ1v) is 19.3. The van der Waals surface area contributed by atoms with Gasteiger partial charge in [0.1, 0.15) is 0 Å². The number of carboxylic acid groups (broad SMARTS) is 12. The quantitative estimate of drug-likeness (QED) is 0.0527. The third-order valence-corrected chi connectivity index (χ3v) is 9.85. The minimum Gasteiger partial charge on any atom is -0.478 e. The number of carboxylic acids is 12. The van der Waals surface area contributed by atoms with Crippen LogP contribution in [0.4, 0.5) is 0 Å². The zero-order chi connectivity index (χ0) is 54.0. The van der Waals surface area contributed by atoms with Crippen LogP contribution in [0.3, 0.4) is 0 Å². The molecular weight excluding hydrogens is 1140 g/mol. The van der Waals surface area contributed by atoms with Crippen LogP contribution in [0.1, 0.15) is 124 Å². The average molecular weight is 1170 g/mol. The predicted octanol–water partition coefficient (Wildman–Crippen LogP) is 6.43. The topological polar surface area (TPSA) is 448 Å². The van der Waals surface area contributed by atoms with Crippen molar-refractivity contribution < 1.29 is 222 Å². The van der Waals surface area contributed by atoms with E-state index in [1.165, 1.54) is 36.4 Å². The summed E-state index contributed by atoms with van der Waals surface area (Å²) in [5.41, 5.74) is -11.0. The monoisotopic (exact) mass is 1170 g/mol. The van der Waals surface area contributed by atoms with Crippen LogP contribution in [0.25, 0.3) is 33.4 Å². The van der Waals surface area contributed by atoms with Gasteiger partial charge < -0.3 is 61.3 Å². The summed E-state index contributed by atoms with van der Waals surface area (Å²) in [7, 11) is 0. The van der Waals surface area contributed by atoms with E-state index in [1.807, 2.05) is 0 Å². The van der Waals surface area contributed by atoms with Crippen molar-refractivity contribution in [3.8, 4) is 33.4 Å². The molecule has 76 heavy (non-hydrogen) atoms. The first-order chi connectivity index (χ1) is 33.8. The summed E-state index contributed by atoms with van der Waals surface area (Å²) < 4.78 is 0. The average Bonchev–Trinajstić information content (AvgIpc) is 3.32. The first kappa shape index (κ1) is 68.4. The van der Waals surface area contributed by atoms with Gasteiger partial charge in [-0.2, -0.15) is 0 Å². The van der Waals surface area contributed by atoms with Crippen molar-refractivity contribution in [1.82, 2.24) is 0 Å². The smallest absolute Gasteiger partial charge is 0.337 e.